The zero-order chi connectivity index (χ0) is 14.9. The Kier molecular flexibility index (Phi) is 15.7. The minimum Gasteiger partial charge on any atom is -0.450 e. The van der Waals surface area contributed by atoms with Crippen LogP contribution in [0.4, 0.5) is 4.79 Å². The first-order valence-corrected chi connectivity index (χ1v) is 8.20. The predicted molar refractivity (Wildman–Crippen MR) is 83.1 cm³/mol. The molecule has 0 heterocycles. The van der Waals surface area contributed by atoms with Crippen molar-refractivity contribution in [2.75, 3.05) is 26.9 Å². The van der Waals surface area contributed by atoms with Crippen LogP contribution in [-0.2, 0) is 9.47 Å². The van der Waals surface area contributed by atoms with Crippen molar-refractivity contribution in [3.8, 4) is 0 Å². The highest BCUT2D eigenvalue weighted by atomic mass is 16.5. The number of ether oxygens (including phenoxy) is 2. The van der Waals surface area contributed by atoms with Crippen molar-refractivity contribution in [2.45, 2.75) is 71.1 Å². The summed E-state index contributed by atoms with van der Waals surface area (Å²) >= 11 is 0. The summed E-state index contributed by atoms with van der Waals surface area (Å²) < 4.78 is 9.89. The topological polar surface area (TPSA) is 47.6 Å². The lowest BCUT2D eigenvalue weighted by molar-refractivity contribution is 0.137. The van der Waals surface area contributed by atoms with Gasteiger partial charge in [-0.05, 0) is 6.42 Å². The van der Waals surface area contributed by atoms with Crippen LogP contribution in [0.1, 0.15) is 71.1 Å². The summed E-state index contributed by atoms with van der Waals surface area (Å²) in [5.74, 6) is 0. The number of carbonyl (C=O) groups is 1. The van der Waals surface area contributed by atoms with Crippen molar-refractivity contribution in [3.63, 3.8) is 0 Å². The van der Waals surface area contributed by atoms with Crippen molar-refractivity contribution in [2.24, 2.45) is 0 Å². The van der Waals surface area contributed by atoms with Crippen molar-refractivity contribution < 1.29 is 14.3 Å². The predicted octanol–water partition coefficient (Wildman–Crippen LogP) is 4.28. The highest BCUT2D eigenvalue weighted by Crippen LogP contribution is 2.10. The van der Waals surface area contributed by atoms with Gasteiger partial charge in [0.25, 0.3) is 0 Å². The summed E-state index contributed by atoms with van der Waals surface area (Å²) in [7, 11) is 1.61. The van der Waals surface area contributed by atoms with Gasteiger partial charge in [0.1, 0.15) is 0 Å². The molecule has 0 saturated carbocycles. The molecule has 0 bridgehead atoms. The first-order valence-electron chi connectivity index (χ1n) is 8.20. The molecule has 1 amide bonds. The molecular formula is C16H33NO3. The molecule has 0 atom stereocenters. The molecule has 4 heteroatoms. The Morgan fingerprint density at radius 1 is 0.850 bits per heavy atom. The maximum absolute atomic E-state index is 11.2. The van der Waals surface area contributed by atoms with Crippen LogP contribution in [0.25, 0.3) is 0 Å². The van der Waals surface area contributed by atoms with Crippen LogP contribution in [0, 0.1) is 0 Å². The van der Waals surface area contributed by atoms with Crippen LogP contribution in [0.2, 0.25) is 0 Å². The van der Waals surface area contributed by atoms with E-state index in [1.807, 2.05) is 0 Å². The van der Waals surface area contributed by atoms with Gasteiger partial charge in [-0.2, -0.15) is 0 Å². The first kappa shape index (κ1) is 19.2. The minimum absolute atomic E-state index is 0.335. The van der Waals surface area contributed by atoms with Crippen LogP contribution in [0.5, 0.6) is 0 Å². The monoisotopic (exact) mass is 287 g/mol. The van der Waals surface area contributed by atoms with Gasteiger partial charge in [-0.1, -0.05) is 64.7 Å². The molecule has 120 valence electrons. The van der Waals surface area contributed by atoms with Gasteiger partial charge in [0, 0.05) is 13.7 Å². The number of rotatable bonds is 14. The van der Waals surface area contributed by atoms with E-state index in [9.17, 15) is 4.79 Å². The Bertz CT molecular complexity index is 210. The summed E-state index contributed by atoms with van der Waals surface area (Å²) in [6.45, 7) is 3.80. The van der Waals surface area contributed by atoms with Crippen LogP contribution in [-0.4, -0.2) is 33.0 Å². The third-order valence-electron chi connectivity index (χ3n) is 3.31. The van der Waals surface area contributed by atoms with E-state index in [2.05, 4.69) is 12.2 Å². The minimum atomic E-state index is -0.335. The lowest BCUT2D eigenvalue weighted by Crippen LogP contribution is -2.27. The van der Waals surface area contributed by atoms with E-state index < -0.39 is 0 Å². The van der Waals surface area contributed by atoms with Crippen LogP contribution in [0.15, 0.2) is 0 Å². The van der Waals surface area contributed by atoms with Gasteiger partial charge >= 0.3 is 6.09 Å². The van der Waals surface area contributed by atoms with E-state index in [4.69, 9.17) is 9.47 Å². The highest BCUT2D eigenvalue weighted by molar-refractivity contribution is 5.66. The molecule has 0 rings (SSSR count). The smallest absolute Gasteiger partial charge is 0.407 e. The summed E-state index contributed by atoms with van der Waals surface area (Å²) in [6.07, 6.45) is 12.5. The fourth-order valence-electron chi connectivity index (χ4n) is 2.06. The maximum atomic E-state index is 11.2. The molecule has 0 saturated heterocycles. The standard InChI is InChI=1S/C16H33NO3/c1-3-4-5-6-7-8-9-10-11-12-14-20-16(18)17-13-15-19-2/h3-15H2,1-2H3,(H,17,18). The average Bonchev–Trinajstić information content (AvgIpc) is 2.45. The zero-order valence-electron chi connectivity index (χ0n) is 13.4. The third kappa shape index (κ3) is 15.3. The summed E-state index contributed by atoms with van der Waals surface area (Å²) in [6, 6.07) is 0. The first-order chi connectivity index (χ1) is 9.81. The van der Waals surface area contributed by atoms with Gasteiger partial charge in [-0.3, -0.25) is 0 Å². The zero-order valence-corrected chi connectivity index (χ0v) is 13.4. The largest absolute Gasteiger partial charge is 0.450 e. The van der Waals surface area contributed by atoms with Gasteiger partial charge in [0.05, 0.1) is 13.2 Å². The van der Waals surface area contributed by atoms with Gasteiger partial charge in [0.15, 0.2) is 0 Å². The molecular weight excluding hydrogens is 254 g/mol. The number of hydrogen-bond donors (Lipinski definition) is 1. The number of unbranched alkanes of at least 4 members (excludes halogenated alkanes) is 9. The molecule has 4 nitrogen and oxygen atoms in total. The quantitative estimate of drug-likeness (QED) is 0.485. The van der Waals surface area contributed by atoms with Crippen LogP contribution in [0.3, 0.4) is 0 Å². The van der Waals surface area contributed by atoms with Crippen molar-refractivity contribution in [1.82, 2.24) is 5.32 Å². The molecule has 0 aromatic heterocycles. The molecule has 0 radical (unpaired) electrons. The second-order valence-electron chi connectivity index (χ2n) is 5.24. The van der Waals surface area contributed by atoms with E-state index >= 15 is 0 Å². The van der Waals surface area contributed by atoms with Gasteiger partial charge < -0.3 is 14.8 Å². The van der Waals surface area contributed by atoms with Gasteiger partial charge in [-0.15, -0.1) is 0 Å². The fraction of sp³-hybridized carbons (Fsp3) is 0.938. The second kappa shape index (κ2) is 16.3. The molecule has 0 spiro atoms. The number of hydrogen-bond acceptors (Lipinski definition) is 3. The lowest BCUT2D eigenvalue weighted by Gasteiger charge is -2.06. The Hall–Kier alpha value is -0.770. The van der Waals surface area contributed by atoms with E-state index in [0.717, 1.165) is 12.8 Å². The number of amides is 1. The molecule has 1 N–H and O–H groups in total. The number of carbonyl (C=O) groups excluding carboxylic acids is 1. The molecule has 0 aromatic rings. The van der Waals surface area contributed by atoms with Crippen molar-refractivity contribution >= 4 is 6.09 Å². The van der Waals surface area contributed by atoms with E-state index in [-0.39, 0.29) is 6.09 Å². The third-order valence-corrected chi connectivity index (χ3v) is 3.31. The molecule has 0 fully saturated rings. The highest BCUT2D eigenvalue weighted by Gasteiger charge is 2.00. The maximum Gasteiger partial charge on any atom is 0.407 e. The fourth-order valence-corrected chi connectivity index (χ4v) is 2.06. The Morgan fingerprint density at radius 3 is 1.95 bits per heavy atom. The Balaban J connectivity index is 3.07. The summed E-state index contributed by atoms with van der Waals surface area (Å²) in [4.78, 5) is 11.2. The average molecular weight is 287 g/mol. The molecule has 0 aromatic carbocycles. The molecule has 0 unspecified atom stereocenters. The number of nitrogens with one attached hydrogen (secondary N) is 1. The summed E-state index contributed by atoms with van der Waals surface area (Å²) in [5.41, 5.74) is 0. The van der Waals surface area contributed by atoms with E-state index in [0.29, 0.717) is 19.8 Å². The van der Waals surface area contributed by atoms with Gasteiger partial charge in [0.2, 0.25) is 0 Å². The van der Waals surface area contributed by atoms with Crippen molar-refractivity contribution in [1.29, 1.82) is 0 Å². The summed E-state index contributed by atoms with van der Waals surface area (Å²) in [5, 5.41) is 2.63. The SMILES string of the molecule is CCCCCCCCCCCCOC(=O)NCCOC. The Morgan fingerprint density at radius 2 is 1.40 bits per heavy atom. The van der Waals surface area contributed by atoms with Crippen molar-refractivity contribution in [3.05, 3.63) is 0 Å². The molecule has 0 aliphatic rings. The second-order valence-corrected chi connectivity index (χ2v) is 5.24. The molecule has 0 aliphatic heterocycles. The van der Waals surface area contributed by atoms with E-state index in [1.54, 1.807) is 7.11 Å². The normalized spacial score (nSPS) is 10.5. The van der Waals surface area contributed by atoms with E-state index in [1.165, 1.54) is 51.4 Å². The van der Waals surface area contributed by atoms with Crippen LogP contribution < -0.4 is 5.32 Å². The number of methoxy groups -OCH3 is 1. The Labute approximate surface area is 124 Å². The number of alkyl carbamates (subject to hydrolysis) is 1. The van der Waals surface area contributed by atoms with Crippen LogP contribution >= 0.6 is 0 Å². The molecule has 20 heavy (non-hydrogen) atoms. The lowest BCUT2D eigenvalue weighted by atomic mass is 10.1. The van der Waals surface area contributed by atoms with Gasteiger partial charge in [-0.25, -0.2) is 4.79 Å². The molecule has 0 aliphatic carbocycles.